The predicted octanol–water partition coefficient (Wildman–Crippen LogP) is 5.21. The van der Waals surface area contributed by atoms with Gasteiger partial charge in [0.2, 0.25) is 5.91 Å². The summed E-state index contributed by atoms with van der Waals surface area (Å²) in [5.41, 5.74) is 3.46. The Labute approximate surface area is 159 Å². The molecule has 3 rings (SSSR count). The Morgan fingerprint density at radius 2 is 1.78 bits per heavy atom. The average Bonchev–Trinajstić information content (AvgIpc) is 2.97. The van der Waals surface area contributed by atoms with Crippen LogP contribution in [0.15, 0.2) is 48.5 Å². The van der Waals surface area contributed by atoms with Crippen LogP contribution in [0.2, 0.25) is 0 Å². The molecule has 0 saturated carbocycles. The number of rotatable bonds is 6. The van der Waals surface area contributed by atoms with Crippen LogP contribution >= 0.6 is 11.3 Å². The van der Waals surface area contributed by atoms with Gasteiger partial charge in [0.05, 0.1) is 17.1 Å². The summed E-state index contributed by atoms with van der Waals surface area (Å²) in [5, 5.41) is 3.66. The monoisotopic (exact) mass is 388 g/mol. The molecule has 0 unspecified atom stereocenters. The van der Waals surface area contributed by atoms with Gasteiger partial charge in [-0.1, -0.05) is 29.8 Å². The third kappa shape index (κ3) is 5.10. The van der Waals surface area contributed by atoms with Crippen LogP contribution in [0.5, 0.6) is 5.75 Å². The molecule has 0 aliphatic heterocycles. The van der Waals surface area contributed by atoms with Crippen molar-refractivity contribution in [2.24, 2.45) is 0 Å². The number of nitrogens with one attached hydrogen (secondary N) is 1. The minimum absolute atomic E-state index is 0.0442. The van der Waals surface area contributed by atoms with Gasteiger partial charge in [0, 0.05) is 16.1 Å². The van der Waals surface area contributed by atoms with Gasteiger partial charge in [0.25, 0.3) is 0 Å². The molecule has 0 saturated heterocycles. The highest BCUT2D eigenvalue weighted by molar-refractivity contribution is 7.12. The number of halogens is 2. The molecule has 140 valence electrons. The summed E-state index contributed by atoms with van der Waals surface area (Å²) in [5.74, 6) is -0.155. The number of hydrogen-bond acceptors (Lipinski definition) is 4. The van der Waals surface area contributed by atoms with Crippen molar-refractivity contribution in [3.8, 4) is 17.0 Å². The summed E-state index contributed by atoms with van der Waals surface area (Å²) >= 11 is 1.49. The number of ether oxygens (including phenoxy) is 1. The summed E-state index contributed by atoms with van der Waals surface area (Å²) in [7, 11) is 0. The van der Waals surface area contributed by atoms with Crippen LogP contribution in [0, 0.1) is 13.8 Å². The van der Waals surface area contributed by atoms with Crippen LogP contribution in [-0.2, 0) is 11.2 Å². The van der Waals surface area contributed by atoms with Gasteiger partial charge >= 0.3 is 6.61 Å². The molecule has 27 heavy (non-hydrogen) atoms. The molecule has 0 atom stereocenters. The van der Waals surface area contributed by atoms with Crippen molar-refractivity contribution in [2.45, 2.75) is 26.9 Å². The van der Waals surface area contributed by atoms with E-state index >= 15 is 0 Å². The second-order valence-electron chi connectivity index (χ2n) is 6.00. The zero-order valence-corrected chi connectivity index (χ0v) is 15.6. The largest absolute Gasteiger partial charge is 0.435 e. The van der Waals surface area contributed by atoms with E-state index < -0.39 is 6.61 Å². The van der Waals surface area contributed by atoms with Gasteiger partial charge in [-0.2, -0.15) is 8.78 Å². The smallest absolute Gasteiger partial charge is 0.387 e. The van der Waals surface area contributed by atoms with E-state index in [0.717, 1.165) is 26.7 Å². The van der Waals surface area contributed by atoms with Gasteiger partial charge in [-0.25, -0.2) is 4.98 Å². The fourth-order valence-corrected chi connectivity index (χ4v) is 3.55. The second-order valence-corrected chi connectivity index (χ2v) is 7.29. The number of hydrogen-bond donors (Lipinski definition) is 1. The SMILES string of the molecule is Cc1ccc(-c2nc(C)sc2CC(=O)Nc2ccc(OC(F)F)cc2)cc1. The van der Waals surface area contributed by atoms with Crippen LogP contribution in [0.4, 0.5) is 14.5 Å². The van der Waals surface area contributed by atoms with E-state index in [0.29, 0.717) is 5.69 Å². The number of carbonyl (C=O) groups excluding carboxylic acids is 1. The van der Waals surface area contributed by atoms with E-state index in [1.807, 2.05) is 38.1 Å². The second kappa shape index (κ2) is 8.26. The fourth-order valence-electron chi connectivity index (χ4n) is 2.60. The standard InChI is InChI=1S/C20H18F2N2O2S/c1-12-3-5-14(6-4-12)19-17(27-13(2)23-19)11-18(25)24-15-7-9-16(10-8-15)26-20(21)22/h3-10,20H,11H2,1-2H3,(H,24,25). The Bertz CT molecular complexity index is 922. The molecule has 0 fully saturated rings. The zero-order valence-electron chi connectivity index (χ0n) is 14.8. The van der Waals surface area contributed by atoms with Crippen molar-refractivity contribution in [2.75, 3.05) is 5.32 Å². The van der Waals surface area contributed by atoms with E-state index in [2.05, 4.69) is 15.0 Å². The molecule has 0 spiro atoms. The summed E-state index contributed by atoms with van der Waals surface area (Å²) in [4.78, 5) is 17.8. The lowest BCUT2D eigenvalue weighted by atomic mass is 10.1. The third-order valence-corrected chi connectivity index (χ3v) is 4.78. The first kappa shape index (κ1) is 19.0. The molecule has 3 aromatic rings. The molecule has 4 nitrogen and oxygen atoms in total. The van der Waals surface area contributed by atoms with E-state index in [9.17, 15) is 13.6 Å². The maximum absolute atomic E-state index is 12.4. The van der Waals surface area contributed by atoms with Gasteiger partial charge in [-0.3, -0.25) is 4.79 Å². The summed E-state index contributed by atoms with van der Waals surface area (Å²) in [6.07, 6.45) is 0.185. The van der Waals surface area contributed by atoms with Crippen LogP contribution in [0.3, 0.4) is 0 Å². The average molecular weight is 388 g/mol. The Balaban J connectivity index is 1.70. The highest BCUT2D eigenvalue weighted by Crippen LogP contribution is 2.29. The Morgan fingerprint density at radius 3 is 2.41 bits per heavy atom. The number of carbonyl (C=O) groups is 1. The first-order valence-corrected chi connectivity index (χ1v) is 9.10. The van der Waals surface area contributed by atoms with Crippen molar-refractivity contribution in [1.82, 2.24) is 4.98 Å². The molecule has 1 heterocycles. The number of alkyl halides is 2. The molecule has 0 aliphatic rings. The van der Waals surface area contributed by atoms with Crippen LogP contribution in [-0.4, -0.2) is 17.5 Å². The quantitative estimate of drug-likeness (QED) is 0.631. The molecule has 0 radical (unpaired) electrons. The Morgan fingerprint density at radius 1 is 1.11 bits per heavy atom. The molecule has 0 aliphatic carbocycles. The lowest BCUT2D eigenvalue weighted by Gasteiger charge is -2.08. The van der Waals surface area contributed by atoms with Crippen molar-refractivity contribution in [3.05, 3.63) is 64.0 Å². The minimum atomic E-state index is -2.87. The molecule has 1 amide bonds. The zero-order chi connectivity index (χ0) is 19.4. The van der Waals surface area contributed by atoms with E-state index in [1.54, 1.807) is 0 Å². The van der Waals surface area contributed by atoms with E-state index in [4.69, 9.17) is 0 Å². The van der Waals surface area contributed by atoms with Gasteiger partial charge in [-0.15, -0.1) is 11.3 Å². The van der Waals surface area contributed by atoms with Crippen LogP contribution in [0.25, 0.3) is 11.3 Å². The van der Waals surface area contributed by atoms with Gasteiger partial charge in [0.15, 0.2) is 0 Å². The van der Waals surface area contributed by atoms with E-state index in [-0.39, 0.29) is 18.1 Å². The number of nitrogens with zero attached hydrogens (tertiary/aromatic N) is 1. The van der Waals surface area contributed by atoms with Gasteiger partial charge in [-0.05, 0) is 38.1 Å². The van der Waals surface area contributed by atoms with Crippen molar-refractivity contribution in [3.63, 3.8) is 0 Å². The lowest BCUT2D eigenvalue weighted by molar-refractivity contribution is -0.115. The minimum Gasteiger partial charge on any atom is -0.435 e. The highest BCUT2D eigenvalue weighted by Gasteiger charge is 2.15. The number of anilines is 1. The molecular weight excluding hydrogens is 370 g/mol. The van der Waals surface area contributed by atoms with Crippen molar-refractivity contribution in [1.29, 1.82) is 0 Å². The number of aromatic nitrogens is 1. The fraction of sp³-hybridized carbons (Fsp3) is 0.200. The van der Waals surface area contributed by atoms with Crippen molar-refractivity contribution < 1.29 is 18.3 Å². The summed E-state index contributed by atoms with van der Waals surface area (Å²) in [6.45, 7) is 1.05. The molecular formula is C20H18F2N2O2S. The normalized spacial score (nSPS) is 10.9. The third-order valence-electron chi connectivity index (χ3n) is 3.81. The maximum atomic E-state index is 12.4. The number of aryl methyl sites for hydroxylation is 2. The first-order valence-electron chi connectivity index (χ1n) is 8.29. The Hall–Kier alpha value is -2.80. The molecule has 7 heteroatoms. The van der Waals surface area contributed by atoms with Crippen molar-refractivity contribution >= 4 is 22.9 Å². The molecule has 1 aromatic heterocycles. The molecule has 0 bridgehead atoms. The summed E-state index contributed by atoms with van der Waals surface area (Å²) < 4.78 is 28.7. The number of benzene rings is 2. The molecule has 1 N–H and O–H groups in total. The Kier molecular flexibility index (Phi) is 5.81. The van der Waals surface area contributed by atoms with E-state index in [1.165, 1.54) is 35.6 Å². The molecule has 2 aromatic carbocycles. The predicted molar refractivity (Wildman–Crippen MR) is 102 cm³/mol. The van der Waals surface area contributed by atoms with Gasteiger partial charge in [0.1, 0.15) is 5.75 Å². The maximum Gasteiger partial charge on any atom is 0.387 e. The topological polar surface area (TPSA) is 51.2 Å². The van der Waals surface area contributed by atoms with Crippen LogP contribution < -0.4 is 10.1 Å². The van der Waals surface area contributed by atoms with Crippen LogP contribution in [0.1, 0.15) is 15.4 Å². The van der Waals surface area contributed by atoms with Gasteiger partial charge < -0.3 is 10.1 Å². The highest BCUT2D eigenvalue weighted by atomic mass is 32.1. The first-order chi connectivity index (χ1) is 12.9. The lowest BCUT2D eigenvalue weighted by Crippen LogP contribution is -2.14. The summed E-state index contributed by atoms with van der Waals surface area (Å²) in [6, 6.07) is 13.8. The number of thiazole rings is 1. The number of amides is 1.